The number of carbonyl (C=O) groups is 2. The number of anilines is 2. The van der Waals surface area contributed by atoms with Crippen LogP contribution in [0.4, 0.5) is 11.4 Å². The summed E-state index contributed by atoms with van der Waals surface area (Å²) in [6.07, 6.45) is 2.41. The number of rotatable bonds is 5. The normalized spacial score (nSPS) is 15.0. The van der Waals surface area contributed by atoms with E-state index in [1.54, 1.807) is 23.1 Å². The van der Waals surface area contributed by atoms with Crippen molar-refractivity contribution in [1.82, 2.24) is 4.31 Å². The monoisotopic (exact) mass is 401 g/mol. The summed E-state index contributed by atoms with van der Waals surface area (Å²) in [5, 5.41) is 2.80. The van der Waals surface area contributed by atoms with Crippen LogP contribution in [0.15, 0.2) is 53.4 Å². The Morgan fingerprint density at radius 3 is 2.43 bits per heavy atom. The van der Waals surface area contributed by atoms with Gasteiger partial charge in [-0.15, -0.1) is 0 Å². The maximum Gasteiger partial charge on any atom is 0.255 e. The second kappa shape index (κ2) is 8.12. The Balaban J connectivity index is 1.75. The van der Waals surface area contributed by atoms with E-state index in [-0.39, 0.29) is 16.7 Å². The van der Waals surface area contributed by atoms with Crippen LogP contribution in [0.2, 0.25) is 0 Å². The molecule has 1 aliphatic rings. The van der Waals surface area contributed by atoms with Crippen molar-refractivity contribution in [2.45, 2.75) is 24.2 Å². The summed E-state index contributed by atoms with van der Waals surface area (Å²) in [6, 6.07) is 12.9. The molecule has 8 heteroatoms. The minimum atomic E-state index is -3.54. The van der Waals surface area contributed by atoms with Crippen LogP contribution >= 0.6 is 0 Å². The maximum atomic E-state index is 12.5. The van der Waals surface area contributed by atoms with E-state index in [4.69, 9.17) is 0 Å². The molecule has 2 amide bonds. The van der Waals surface area contributed by atoms with E-state index in [1.807, 2.05) is 6.07 Å². The minimum absolute atomic E-state index is 0.0902. The molecule has 28 heavy (non-hydrogen) atoms. The second-order valence-corrected chi connectivity index (χ2v) is 8.97. The molecule has 1 heterocycles. The standard InChI is InChI=1S/C20H23N3O4S/c1-22(2)28(26,27)18-11-9-15(10-12-18)20(25)21-16-6-5-7-17(14-16)23-13-4-3-8-19(23)24/h5-7,9-12,14H,3-4,8,13H2,1-2H3,(H,21,25). The van der Waals surface area contributed by atoms with Gasteiger partial charge in [0.15, 0.2) is 0 Å². The summed E-state index contributed by atoms with van der Waals surface area (Å²) < 4.78 is 25.3. The van der Waals surface area contributed by atoms with Gasteiger partial charge in [-0.25, -0.2) is 12.7 Å². The number of nitrogens with one attached hydrogen (secondary N) is 1. The molecule has 148 valence electrons. The highest BCUT2D eigenvalue weighted by atomic mass is 32.2. The van der Waals surface area contributed by atoms with Gasteiger partial charge in [0.2, 0.25) is 15.9 Å². The van der Waals surface area contributed by atoms with Crippen molar-refractivity contribution < 1.29 is 18.0 Å². The SMILES string of the molecule is CN(C)S(=O)(=O)c1ccc(C(=O)Nc2cccc(N3CCCCC3=O)c2)cc1. The Labute approximate surface area is 165 Å². The molecule has 0 radical (unpaired) electrons. The van der Waals surface area contributed by atoms with E-state index in [0.717, 1.165) is 22.8 Å². The largest absolute Gasteiger partial charge is 0.322 e. The van der Waals surface area contributed by atoms with Gasteiger partial charge >= 0.3 is 0 Å². The summed E-state index contributed by atoms with van der Waals surface area (Å²) >= 11 is 0. The quantitative estimate of drug-likeness (QED) is 0.835. The van der Waals surface area contributed by atoms with E-state index < -0.39 is 10.0 Å². The van der Waals surface area contributed by atoms with Crippen LogP contribution in [0.5, 0.6) is 0 Å². The predicted octanol–water partition coefficient (Wildman–Crippen LogP) is 2.71. The highest BCUT2D eigenvalue weighted by molar-refractivity contribution is 7.89. The van der Waals surface area contributed by atoms with Gasteiger partial charge in [-0.2, -0.15) is 0 Å². The molecule has 0 saturated carbocycles. The zero-order valence-electron chi connectivity index (χ0n) is 15.9. The lowest BCUT2D eigenvalue weighted by Crippen LogP contribution is -2.35. The average Bonchev–Trinajstić information content (AvgIpc) is 2.68. The summed E-state index contributed by atoms with van der Waals surface area (Å²) in [5.74, 6) is -0.261. The lowest BCUT2D eigenvalue weighted by molar-refractivity contribution is -0.119. The van der Waals surface area contributed by atoms with Gasteiger partial charge < -0.3 is 10.2 Å². The molecule has 1 fully saturated rings. The third-order valence-corrected chi connectivity index (χ3v) is 6.46. The Kier molecular flexibility index (Phi) is 5.81. The van der Waals surface area contributed by atoms with Gasteiger partial charge in [0.25, 0.3) is 5.91 Å². The molecule has 2 aromatic carbocycles. The third kappa shape index (κ3) is 4.23. The van der Waals surface area contributed by atoms with Crippen molar-refractivity contribution in [3.63, 3.8) is 0 Å². The van der Waals surface area contributed by atoms with Gasteiger partial charge in [-0.05, 0) is 55.3 Å². The predicted molar refractivity (Wildman–Crippen MR) is 108 cm³/mol. The molecule has 7 nitrogen and oxygen atoms in total. The number of nitrogens with zero attached hydrogens (tertiary/aromatic N) is 2. The molecule has 0 spiro atoms. The fourth-order valence-electron chi connectivity index (χ4n) is 3.02. The first-order valence-corrected chi connectivity index (χ1v) is 10.5. The van der Waals surface area contributed by atoms with Crippen molar-refractivity contribution in [2.24, 2.45) is 0 Å². The lowest BCUT2D eigenvalue weighted by atomic mass is 10.1. The summed E-state index contributed by atoms with van der Waals surface area (Å²) in [4.78, 5) is 26.5. The molecular weight excluding hydrogens is 378 g/mol. The fraction of sp³-hybridized carbons (Fsp3) is 0.300. The van der Waals surface area contributed by atoms with Crippen molar-refractivity contribution in [3.05, 3.63) is 54.1 Å². The van der Waals surface area contributed by atoms with Gasteiger partial charge in [-0.3, -0.25) is 9.59 Å². The van der Waals surface area contributed by atoms with Crippen LogP contribution in [0, 0.1) is 0 Å². The molecule has 0 atom stereocenters. The topological polar surface area (TPSA) is 86.8 Å². The molecule has 1 saturated heterocycles. The number of benzene rings is 2. The van der Waals surface area contributed by atoms with Crippen LogP contribution in [-0.2, 0) is 14.8 Å². The van der Waals surface area contributed by atoms with Crippen LogP contribution in [0.25, 0.3) is 0 Å². The van der Waals surface area contributed by atoms with Crippen LogP contribution in [0.1, 0.15) is 29.6 Å². The first kappa shape index (κ1) is 20.0. The Bertz CT molecular complexity index is 985. The Morgan fingerprint density at radius 2 is 1.79 bits per heavy atom. The van der Waals surface area contributed by atoms with E-state index >= 15 is 0 Å². The summed E-state index contributed by atoms with van der Waals surface area (Å²) in [5.41, 5.74) is 1.68. The molecule has 0 bridgehead atoms. The zero-order valence-corrected chi connectivity index (χ0v) is 16.7. The number of hydrogen-bond acceptors (Lipinski definition) is 4. The van der Waals surface area contributed by atoms with Gasteiger partial charge in [0, 0.05) is 44.0 Å². The third-order valence-electron chi connectivity index (χ3n) is 4.63. The van der Waals surface area contributed by atoms with Crippen molar-refractivity contribution >= 4 is 33.2 Å². The van der Waals surface area contributed by atoms with Gasteiger partial charge in [-0.1, -0.05) is 6.07 Å². The number of amides is 2. The van der Waals surface area contributed by atoms with Crippen LogP contribution < -0.4 is 10.2 Å². The molecule has 2 aromatic rings. The Morgan fingerprint density at radius 1 is 1.07 bits per heavy atom. The summed E-state index contributed by atoms with van der Waals surface area (Å²) in [7, 11) is -0.629. The van der Waals surface area contributed by atoms with E-state index in [0.29, 0.717) is 24.2 Å². The number of piperidine rings is 1. The molecule has 1 aliphatic heterocycles. The molecule has 0 aromatic heterocycles. The minimum Gasteiger partial charge on any atom is -0.322 e. The number of hydrogen-bond donors (Lipinski definition) is 1. The van der Waals surface area contributed by atoms with E-state index in [1.165, 1.54) is 38.4 Å². The van der Waals surface area contributed by atoms with E-state index in [9.17, 15) is 18.0 Å². The number of carbonyl (C=O) groups excluding carboxylic acids is 2. The Hall–Kier alpha value is -2.71. The van der Waals surface area contributed by atoms with Gasteiger partial charge in [0.1, 0.15) is 0 Å². The van der Waals surface area contributed by atoms with Gasteiger partial charge in [0.05, 0.1) is 4.90 Å². The molecule has 3 rings (SSSR count). The maximum absolute atomic E-state index is 12.5. The highest BCUT2D eigenvalue weighted by Crippen LogP contribution is 2.24. The average molecular weight is 401 g/mol. The second-order valence-electron chi connectivity index (χ2n) is 6.82. The first-order chi connectivity index (χ1) is 13.3. The fourth-order valence-corrected chi connectivity index (χ4v) is 3.92. The molecule has 0 aliphatic carbocycles. The molecule has 0 unspecified atom stereocenters. The smallest absolute Gasteiger partial charge is 0.255 e. The first-order valence-electron chi connectivity index (χ1n) is 9.03. The number of sulfonamides is 1. The highest BCUT2D eigenvalue weighted by Gasteiger charge is 2.20. The molecule has 1 N–H and O–H groups in total. The van der Waals surface area contributed by atoms with Crippen LogP contribution in [-0.4, -0.2) is 45.2 Å². The molecular formula is C20H23N3O4S. The summed E-state index contributed by atoms with van der Waals surface area (Å²) in [6.45, 7) is 0.679. The zero-order chi connectivity index (χ0) is 20.3. The van der Waals surface area contributed by atoms with Crippen molar-refractivity contribution in [3.8, 4) is 0 Å². The van der Waals surface area contributed by atoms with E-state index in [2.05, 4.69) is 5.32 Å². The van der Waals surface area contributed by atoms with Crippen molar-refractivity contribution in [2.75, 3.05) is 30.9 Å². The lowest BCUT2D eigenvalue weighted by Gasteiger charge is -2.27. The van der Waals surface area contributed by atoms with Crippen LogP contribution in [0.3, 0.4) is 0 Å². The van der Waals surface area contributed by atoms with Crippen molar-refractivity contribution in [1.29, 1.82) is 0 Å².